The number of anilines is 2. The van der Waals surface area contributed by atoms with E-state index in [2.05, 4.69) is 20.4 Å². The molecule has 1 N–H and O–H groups in total. The Hall–Kier alpha value is -3.49. The zero-order valence-electron chi connectivity index (χ0n) is 14.6. The lowest BCUT2D eigenvalue weighted by Crippen LogP contribution is -2.05. The second-order valence-electron chi connectivity index (χ2n) is 6.03. The third kappa shape index (κ3) is 3.43. The van der Waals surface area contributed by atoms with Gasteiger partial charge in [0, 0.05) is 31.9 Å². The average Bonchev–Trinajstić information content (AvgIpc) is 3.22. The number of imidazole rings is 1. The Kier molecular flexibility index (Phi) is 4.19. The summed E-state index contributed by atoms with van der Waals surface area (Å²) in [6.07, 6.45) is 6.76. The third-order valence-electron chi connectivity index (χ3n) is 4.11. The van der Waals surface area contributed by atoms with Gasteiger partial charge in [0.25, 0.3) is 0 Å². The van der Waals surface area contributed by atoms with Crippen molar-refractivity contribution in [1.82, 2.24) is 24.3 Å². The van der Waals surface area contributed by atoms with E-state index >= 15 is 0 Å². The minimum Gasteiger partial charge on any atom is -0.433 e. The highest BCUT2D eigenvalue weighted by molar-refractivity contribution is 5.79. The molecule has 7 nitrogen and oxygen atoms in total. The molecule has 4 aromatic rings. The number of benzene rings is 1. The zero-order valence-corrected chi connectivity index (χ0v) is 14.6. The molecule has 0 aliphatic rings. The molecule has 4 rings (SSSR count). The maximum Gasteiger partial charge on any atom is 0.387 e. The predicted molar refractivity (Wildman–Crippen MR) is 97.1 cm³/mol. The van der Waals surface area contributed by atoms with Crippen molar-refractivity contribution in [2.24, 2.45) is 14.1 Å². The van der Waals surface area contributed by atoms with Crippen molar-refractivity contribution in [3.63, 3.8) is 0 Å². The average molecular weight is 370 g/mol. The van der Waals surface area contributed by atoms with E-state index in [4.69, 9.17) is 4.74 Å². The number of nitrogens with one attached hydrogen (secondary N) is 1. The van der Waals surface area contributed by atoms with Crippen LogP contribution in [0.5, 0.6) is 5.75 Å². The number of hydrogen-bond acceptors (Lipinski definition) is 5. The summed E-state index contributed by atoms with van der Waals surface area (Å²) in [6.45, 7) is -2.94. The molecule has 3 aromatic heterocycles. The molecule has 0 saturated heterocycles. The van der Waals surface area contributed by atoms with Crippen molar-refractivity contribution in [2.75, 3.05) is 5.32 Å². The monoisotopic (exact) mass is 370 g/mol. The van der Waals surface area contributed by atoms with Crippen molar-refractivity contribution in [3.8, 4) is 16.9 Å². The Bertz CT molecular complexity index is 1100. The van der Waals surface area contributed by atoms with E-state index < -0.39 is 6.61 Å². The molecule has 0 spiro atoms. The molecule has 0 amide bonds. The Morgan fingerprint density at radius 3 is 2.67 bits per heavy atom. The second kappa shape index (κ2) is 6.67. The summed E-state index contributed by atoms with van der Waals surface area (Å²) in [4.78, 5) is 8.49. The minimum atomic E-state index is -2.94. The quantitative estimate of drug-likeness (QED) is 0.580. The topological polar surface area (TPSA) is 69.8 Å². The number of fused-ring (bicyclic) bond motifs is 1. The van der Waals surface area contributed by atoms with Crippen LogP contribution in [0.3, 0.4) is 0 Å². The summed E-state index contributed by atoms with van der Waals surface area (Å²) >= 11 is 0. The number of aromatic nitrogens is 5. The molecular weight excluding hydrogens is 354 g/mol. The van der Waals surface area contributed by atoms with E-state index in [-0.39, 0.29) is 5.75 Å². The Balaban J connectivity index is 1.70. The molecule has 0 aliphatic heterocycles. The van der Waals surface area contributed by atoms with Crippen molar-refractivity contribution in [2.45, 2.75) is 6.61 Å². The van der Waals surface area contributed by atoms with Gasteiger partial charge in [0.2, 0.25) is 0 Å². The Labute approximate surface area is 153 Å². The normalized spacial score (nSPS) is 11.3. The van der Waals surface area contributed by atoms with Gasteiger partial charge in [-0.2, -0.15) is 13.9 Å². The first kappa shape index (κ1) is 17.0. The fraction of sp³-hybridized carbons (Fsp3) is 0.167. The van der Waals surface area contributed by atoms with Gasteiger partial charge in [-0.25, -0.2) is 9.97 Å². The summed E-state index contributed by atoms with van der Waals surface area (Å²) in [5.74, 6) is 0.526. The first-order chi connectivity index (χ1) is 13.0. The maximum atomic E-state index is 12.9. The molecule has 27 heavy (non-hydrogen) atoms. The molecule has 1 aromatic carbocycles. The first-order valence-electron chi connectivity index (χ1n) is 8.11. The molecule has 0 bridgehead atoms. The van der Waals surface area contributed by atoms with Crippen LogP contribution in [0.1, 0.15) is 0 Å². The van der Waals surface area contributed by atoms with Gasteiger partial charge in [-0.3, -0.25) is 4.68 Å². The van der Waals surface area contributed by atoms with Crippen LogP contribution >= 0.6 is 0 Å². The number of halogens is 2. The van der Waals surface area contributed by atoms with Crippen LogP contribution in [0.25, 0.3) is 22.2 Å². The summed E-state index contributed by atoms with van der Waals surface area (Å²) in [7, 11) is 3.66. The minimum absolute atomic E-state index is 0.0262. The number of hydrogen-bond donors (Lipinski definition) is 1. The molecule has 0 radical (unpaired) electrons. The van der Waals surface area contributed by atoms with E-state index in [1.54, 1.807) is 60.9 Å². The molecule has 0 saturated carbocycles. The predicted octanol–water partition coefficient (Wildman–Crippen LogP) is 3.71. The van der Waals surface area contributed by atoms with Gasteiger partial charge < -0.3 is 14.6 Å². The van der Waals surface area contributed by atoms with Crippen LogP contribution in [0.4, 0.5) is 20.3 Å². The van der Waals surface area contributed by atoms with Crippen molar-refractivity contribution in [3.05, 3.63) is 49.2 Å². The van der Waals surface area contributed by atoms with Gasteiger partial charge in [-0.15, -0.1) is 0 Å². The highest BCUT2D eigenvalue weighted by Crippen LogP contribution is 2.33. The summed E-state index contributed by atoms with van der Waals surface area (Å²) in [5.41, 5.74) is 3.53. The first-order valence-corrected chi connectivity index (χ1v) is 8.11. The number of alkyl halides is 2. The fourth-order valence-electron chi connectivity index (χ4n) is 2.81. The van der Waals surface area contributed by atoms with E-state index in [0.717, 1.165) is 22.2 Å². The number of ether oxygens (including phenoxy) is 1. The van der Waals surface area contributed by atoms with Gasteiger partial charge in [-0.05, 0) is 17.7 Å². The SMILES string of the molecule is Cn1cc(-c2ccc(Nc3cc4c(cn3)ncn4C)c(OC(F)F)c2)cn1. The zero-order chi connectivity index (χ0) is 19.0. The summed E-state index contributed by atoms with van der Waals surface area (Å²) in [5, 5.41) is 7.14. The molecule has 0 fully saturated rings. The number of nitrogens with zero attached hydrogens (tertiary/aromatic N) is 5. The van der Waals surface area contributed by atoms with Crippen molar-refractivity contribution < 1.29 is 13.5 Å². The third-order valence-corrected chi connectivity index (χ3v) is 4.11. The lowest BCUT2D eigenvalue weighted by atomic mass is 10.1. The Morgan fingerprint density at radius 1 is 1.07 bits per heavy atom. The lowest BCUT2D eigenvalue weighted by Gasteiger charge is -2.14. The van der Waals surface area contributed by atoms with Gasteiger partial charge in [0.05, 0.1) is 29.9 Å². The van der Waals surface area contributed by atoms with Crippen LogP contribution in [0, 0.1) is 0 Å². The number of rotatable bonds is 5. The molecule has 0 atom stereocenters. The van der Waals surface area contributed by atoms with Crippen molar-refractivity contribution in [1.29, 1.82) is 0 Å². The van der Waals surface area contributed by atoms with E-state index in [9.17, 15) is 8.78 Å². The van der Waals surface area contributed by atoms with E-state index in [1.807, 2.05) is 11.6 Å². The maximum absolute atomic E-state index is 12.9. The number of aryl methyl sites for hydroxylation is 2. The fourth-order valence-corrected chi connectivity index (χ4v) is 2.81. The molecule has 9 heteroatoms. The summed E-state index contributed by atoms with van der Waals surface area (Å²) < 4.78 is 34.0. The van der Waals surface area contributed by atoms with Crippen LogP contribution in [-0.4, -0.2) is 30.9 Å². The van der Waals surface area contributed by atoms with Crippen LogP contribution in [-0.2, 0) is 14.1 Å². The van der Waals surface area contributed by atoms with Crippen LogP contribution < -0.4 is 10.1 Å². The van der Waals surface area contributed by atoms with Gasteiger partial charge in [0.15, 0.2) is 0 Å². The largest absolute Gasteiger partial charge is 0.433 e. The van der Waals surface area contributed by atoms with E-state index in [1.165, 1.54) is 0 Å². The smallest absolute Gasteiger partial charge is 0.387 e. The highest BCUT2D eigenvalue weighted by atomic mass is 19.3. The molecular formula is C18H16F2N6O. The summed E-state index contributed by atoms with van der Waals surface area (Å²) in [6, 6.07) is 6.83. The Morgan fingerprint density at radius 2 is 1.93 bits per heavy atom. The second-order valence-corrected chi connectivity index (χ2v) is 6.03. The van der Waals surface area contributed by atoms with Gasteiger partial charge in [-0.1, -0.05) is 6.07 Å². The molecule has 3 heterocycles. The molecule has 138 valence electrons. The number of pyridine rings is 1. The van der Waals surface area contributed by atoms with E-state index in [0.29, 0.717) is 11.5 Å². The molecule has 0 aliphatic carbocycles. The van der Waals surface area contributed by atoms with Gasteiger partial charge in [0.1, 0.15) is 17.1 Å². The van der Waals surface area contributed by atoms with Crippen LogP contribution in [0.2, 0.25) is 0 Å². The van der Waals surface area contributed by atoms with Crippen molar-refractivity contribution >= 4 is 22.5 Å². The lowest BCUT2D eigenvalue weighted by molar-refractivity contribution is -0.0493. The highest BCUT2D eigenvalue weighted by Gasteiger charge is 2.13. The van der Waals surface area contributed by atoms with Crippen LogP contribution in [0.15, 0.2) is 49.2 Å². The van der Waals surface area contributed by atoms with Gasteiger partial charge >= 0.3 is 6.61 Å². The molecule has 0 unspecified atom stereocenters. The standard InChI is InChI=1S/C18H16F2N6O/c1-25-10-22-14-8-21-17(6-15(14)25)24-13-4-3-11(5-16(13)27-18(19)20)12-7-23-26(2)9-12/h3-10,18H,1-2H3,(H,21,24).